The Bertz CT molecular complexity index is 561. The van der Waals surface area contributed by atoms with Crippen LogP contribution in [0.2, 0.25) is 0 Å². The second kappa shape index (κ2) is 5.10. The predicted octanol–water partition coefficient (Wildman–Crippen LogP) is 1.77. The molecule has 0 unspecified atom stereocenters. The van der Waals surface area contributed by atoms with E-state index in [0.717, 1.165) is 10.9 Å². The highest BCUT2D eigenvalue weighted by molar-refractivity contribution is 5.89. The highest BCUT2D eigenvalue weighted by Crippen LogP contribution is 2.27. The van der Waals surface area contributed by atoms with Gasteiger partial charge in [-0.15, -0.1) is 0 Å². The van der Waals surface area contributed by atoms with Crippen LogP contribution in [0.3, 0.4) is 0 Å². The Balaban J connectivity index is 2.37. The number of methoxy groups -OCH3 is 1. The lowest BCUT2D eigenvalue weighted by atomic mass is 10.1. The van der Waals surface area contributed by atoms with Crippen molar-refractivity contribution in [2.45, 2.75) is 13.0 Å². The molecule has 5 heteroatoms. The fraction of sp³-hybridized carbons (Fsp3) is 0.308. The first-order chi connectivity index (χ1) is 8.67. The van der Waals surface area contributed by atoms with Crippen molar-refractivity contribution in [2.24, 2.45) is 0 Å². The molecule has 0 bridgehead atoms. The second-order valence-corrected chi connectivity index (χ2v) is 3.81. The fourth-order valence-corrected chi connectivity index (χ4v) is 1.83. The van der Waals surface area contributed by atoms with E-state index in [1.165, 1.54) is 0 Å². The number of aromatic nitrogens is 1. The van der Waals surface area contributed by atoms with Gasteiger partial charge >= 0.3 is 5.97 Å². The normalized spacial score (nSPS) is 12.4. The van der Waals surface area contributed by atoms with Crippen LogP contribution in [-0.2, 0) is 9.53 Å². The van der Waals surface area contributed by atoms with E-state index in [1.807, 2.05) is 0 Å². The number of benzene rings is 1. The number of hydrogen-bond acceptors (Lipinski definition) is 4. The number of aliphatic hydroxyl groups excluding tert-OH is 1. The van der Waals surface area contributed by atoms with Gasteiger partial charge in [0.15, 0.2) is 6.10 Å². The number of fused-ring (bicyclic) bond motifs is 1. The summed E-state index contributed by atoms with van der Waals surface area (Å²) < 4.78 is 9.90. The second-order valence-electron chi connectivity index (χ2n) is 3.81. The van der Waals surface area contributed by atoms with E-state index in [9.17, 15) is 9.90 Å². The Morgan fingerprint density at radius 2 is 2.28 bits per heavy atom. The average Bonchev–Trinajstić information content (AvgIpc) is 2.80. The van der Waals surface area contributed by atoms with E-state index in [4.69, 9.17) is 9.47 Å². The number of carbonyl (C=O) groups excluding carboxylic acids is 1. The third kappa shape index (κ3) is 2.17. The number of hydrogen-bond donors (Lipinski definition) is 2. The van der Waals surface area contributed by atoms with Gasteiger partial charge in [0.2, 0.25) is 0 Å². The summed E-state index contributed by atoms with van der Waals surface area (Å²) >= 11 is 0. The van der Waals surface area contributed by atoms with Crippen LogP contribution in [0.5, 0.6) is 5.75 Å². The van der Waals surface area contributed by atoms with Crippen molar-refractivity contribution in [1.29, 1.82) is 0 Å². The van der Waals surface area contributed by atoms with Crippen LogP contribution in [0.15, 0.2) is 24.4 Å². The molecule has 0 radical (unpaired) electrons. The Morgan fingerprint density at radius 1 is 1.50 bits per heavy atom. The average molecular weight is 249 g/mol. The largest absolute Gasteiger partial charge is 0.497 e. The number of rotatable bonds is 4. The number of nitrogens with one attached hydrogen (secondary N) is 1. The van der Waals surface area contributed by atoms with Crippen LogP contribution >= 0.6 is 0 Å². The summed E-state index contributed by atoms with van der Waals surface area (Å²) in [5, 5.41) is 10.7. The summed E-state index contributed by atoms with van der Waals surface area (Å²) in [6.45, 7) is 1.94. The minimum absolute atomic E-state index is 0.242. The summed E-state index contributed by atoms with van der Waals surface area (Å²) in [7, 11) is 1.58. The maximum Gasteiger partial charge on any atom is 0.339 e. The molecule has 1 aromatic carbocycles. The Labute approximate surface area is 104 Å². The molecule has 2 rings (SSSR count). The van der Waals surface area contributed by atoms with Gasteiger partial charge < -0.3 is 19.6 Å². The first kappa shape index (κ1) is 12.4. The van der Waals surface area contributed by atoms with Gasteiger partial charge in [0.1, 0.15) is 5.75 Å². The Hall–Kier alpha value is -2.01. The highest BCUT2D eigenvalue weighted by atomic mass is 16.5. The summed E-state index contributed by atoms with van der Waals surface area (Å²) in [5.74, 6) is 0.0655. The first-order valence-electron chi connectivity index (χ1n) is 5.67. The highest BCUT2D eigenvalue weighted by Gasteiger charge is 2.21. The topological polar surface area (TPSA) is 71.5 Å². The molecule has 96 valence electrons. The lowest BCUT2D eigenvalue weighted by Gasteiger charge is -2.08. The van der Waals surface area contributed by atoms with Crippen LogP contribution in [0.4, 0.5) is 0 Å². The zero-order valence-corrected chi connectivity index (χ0v) is 10.3. The molecule has 0 spiro atoms. The first-order valence-corrected chi connectivity index (χ1v) is 5.67. The molecule has 0 aliphatic heterocycles. The van der Waals surface area contributed by atoms with Crippen molar-refractivity contribution >= 4 is 16.9 Å². The van der Waals surface area contributed by atoms with E-state index in [-0.39, 0.29) is 6.61 Å². The van der Waals surface area contributed by atoms with Crippen molar-refractivity contribution in [1.82, 2.24) is 4.98 Å². The molecule has 2 N–H and O–H groups in total. The summed E-state index contributed by atoms with van der Waals surface area (Å²) in [6.07, 6.45) is 0.332. The molecule has 0 amide bonds. The van der Waals surface area contributed by atoms with Crippen molar-refractivity contribution in [3.8, 4) is 5.75 Å². The zero-order chi connectivity index (χ0) is 13.1. The van der Waals surface area contributed by atoms with Crippen LogP contribution in [0, 0.1) is 0 Å². The van der Waals surface area contributed by atoms with Gasteiger partial charge in [-0.25, -0.2) is 4.79 Å². The molecule has 5 nitrogen and oxygen atoms in total. The van der Waals surface area contributed by atoms with Gasteiger partial charge in [-0.3, -0.25) is 0 Å². The molecular formula is C13H15NO4. The van der Waals surface area contributed by atoms with Crippen molar-refractivity contribution in [3.05, 3.63) is 30.0 Å². The number of aromatic amines is 1. The lowest BCUT2D eigenvalue weighted by molar-refractivity contribution is -0.153. The fourth-order valence-electron chi connectivity index (χ4n) is 1.83. The molecule has 1 heterocycles. The molecule has 0 aliphatic rings. The molecule has 0 aliphatic carbocycles. The molecule has 1 atom stereocenters. The maximum atomic E-state index is 11.5. The summed E-state index contributed by atoms with van der Waals surface area (Å²) in [5.41, 5.74) is 1.30. The molecule has 2 aromatic rings. The van der Waals surface area contributed by atoms with Gasteiger partial charge in [0.25, 0.3) is 0 Å². The standard InChI is InChI=1S/C13H15NO4/c1-3-18-13(16)12(15)10-7-14-11-6-8(17-2)4-5-9(10)11/h4-7,12,14-15H,3H2,1-2H3/t12-/m0/s1. The summed E-state index contributed by atoms with van der Waals surface area (Å²) in [6, 6.07) is 5.37. The number of H-pyrrole nitrogens is 1. The molecule has 0 saturated heterocycles. The number of aliphatic hydroxyl groups is 1. The van der Waals surface area contributed by atoms with Crippen LogP contribution < -0.4 is 4.74 Å². The Kier molecular flexibility index (Phi) is 3.53. The van der Waals surface area contributed by atoms with E-state index >= 15 is 0 Å². The predicted molar refractivity (Wildman–Crippen MR) is 66.4 cm³/mol. The third-order valence-electron chi connectivity index (χ3n) is 2.73. The van der Waals surface area contributed by atoms with Crippen LogP contribution in [0.1, 0.15) is 18.6 Å². The van der Waals surface area contributed by atoms with Crippen molar-refractivity contribution < 1.29 is 19.4 Å². The zero-order valence-electron chi connectivity index (χ0n) is 10.3. The monoisotopic (exact) mass is 249 g/mol. The number of carbonyl (C=O) groups is 1. The SMILES string of the molecule is CCOC(=O)[C@@H](O)c1c[nH]c2cc(OC)ccc12. The Morgan fingerprint density at radius 3 is 2.94 bits per heavy atom. The molecular weight excluding hydrogens is 234 g/mol. The summed E-state index contributed by atoms with van der Waals surface area (Å²) in [4.78, 5) is 14.5. The minimum Gasteiger partial charge on any atom is -0.497 e. The lowest BCUT2D eigenvalue weighted by Crippen LogP contribution is -2.14. The smallest absolute Gasteiger partial charge is 0.339 e. The van der Waals surface area contributed by atoms with Crippen LogP contribution in [0.25, 0.3) is 10.9 Å². The van der Waals surface area contributed by atoms with Crippen molar-refractivity contribution in [2.75, 3.05) is 13.7 Å². The maximum absolute atomic E-state index is 11.5. The van der Waals surface area contributed by atoms with Gasteiger partial charge in [0.05, 0.1) is 13.7 Å². The van der Waals surface area contributed by atoms with Crippen molar-refractivity contribution in [3.63, 3.8) is 0 Å². The number of esters is 1. The van der Waals surface area contributed by atoms with Gasteiger partial charge in [-0.1, -0.05) is 0 Å². The number of ether oxygens (including phenoxy) is 2. The van der Waals surface area contributed by atoms with Gasteiger partial charge in [-0.05, 0) is 19.1 Å². The van der Waals surface area contributed by atoms with Crippen LogP contribution in [-0.4, -0.2) is 29.8 Å². The quantitative estimate of drug-likeness (QED) is 0.810. The molecule has 18 heavy (non-hydrogen) atoms. The van der Waals surface area contributed by atoms with E-state index in [2.05, 4.69) is 4.98 Å². The van der Waals surface area contributed by atoms with E-state index in [1.54, 1.807) is 38.4 Å². The minimum atomic E-state index is -1.27. The van der Waals surface area contributed by atoms with E-state index < -0.39 is 12.1 Å². The molecule has 1 aromatic heterocycles. The van der Waals surface area contributed by atoms with Gasteiger partial charge in [0, 0.05) is 28.7 Å². The molecule has 0 fully saturated rings. The molecule has 0 saturated carbocycles. The van der Waals surface area contributed by atoms with Gasteiger partial charge in [-0.2, -0.15) is 0 Å². The van der Waals surface area contributed by atoms with E-state index in [0.29, 0.717) is 11.3 Å². The third-order valence-corrected chi connectivity index (χ3v) is 2.73.